The molecule has 0 saturated heterocycles. The van der Waals surface area contributed by atoms with Crippen LogP contribution < -0.4 is 19.7 Å². The summed E-state index contributed by atoms with van der Waals surface area (Å²) in [6, 6.07) is 50.7. The number of carbonyl (C=O) groups excluding carboxylic acids is 2. The molecule has 0 radical (unpaired) electrons. The Balaban J connectivity index is 0.000000219. The fourth-order valence-corrected chi connectivity index (χ4v) is 4.77. The summed E-state index contributed by atoms with van der Waals surface area (Å²) in [5.74, 6) is 1.64. The molecular formula is C41H39IN2O4. The number of para-hydroxylation sites is 1. The first-order chi connectivity index (χ1) is 23.0. The Labute approximate surface area is 297 Å². The van der Waals surface area contributed by atoms with Crippen molar-refractivity contribution in [3.05, 3.63) is 172 Å². The third kappa shape index (κ3) is 11.4. The van der Waals surface area contributed by atoms with Gasteiger partial charge in [0.25, 0.3) is 0 Å². The molecule has 0 spiro atoms. The molecule has 0 aliphatic rings. The summed E-state index contributed by atoms with van der Waals surface area (Å²) in [6.45, 7) is 0. The molecule has 0 heterocycles. The van der Waals surface area contributed by atoms with Crippen molar-refractivity contribution in [1.29, 1.82) is 0 Å². The number of methoxy groups -OCH3 is 2. The summed E-state index contributed by atoms with van der Waals surface area (Å²) in [7, 11) is 3.29. The molecule has 0 saturated carbocycles. The SMILES string of the molecule is C.COc1ccc(N(c2ccccc2)c2ccc(C=O)cc2)cc1.COc1ccc(Nc2ccc(C=O)cc2)cc1.Ic1ccccc1. The van der Waals surface area contributed by atoms with Crippen LogP contribution in [0.25, 0.3) is 0 Å². The minimum absolute atomic E-state index is 0. The summed E-state index contributed by atoms with van der Waals surface area (Å²) in [5, 5.41) is 3.24. The highest BCUT2D eigenvalue weighted by molar-refractivity contribution is 14.1. The number of nitrogens with zero attached hydrogens (tertiary/aromatic N) is 1. The van der Waals surface area contributed by atoms with E-state index >= 15 is 0 Å². The summed E-state index contributed by atoms with van der Waals surface area (Å²) in [4.78, 5) is 23.5. The second-order valence-corrected chi connectivity index (χ2v) is 11.2. The van der Waals surface area contributed by atoms with Crippen LogP contribution in [0.1, 0.15) is 28.1 Å². The molecule has 0 aliphatic carbocycles. The lowest BCUT2D eigenvalue weighted by atomic mass is 10.1. The Hall–Kier alpha value is -5.41. The van der Waals surface area contributed by atoms with Gasteiger partial charge in [0.2, 0.25) is 0 Å². The van der Waals surface area contributed by atoms with E-state index in [4.69, 9.17) is 9.47 Å². The van der Waals surface area contributed by atoms with Gasteiger partial charge in [-0.15, -0.1) is 0 Å². The molecule has 0 bridgehead atoms. The molecule has 6 nitrogen and oxygen atoms in total. The average molecular weight is 751 g/mol. The van der Waals surface area contributed by atoms with Gasteiger partial charge >= 0.3 is 0 Å². The molecule has 0 fully saturated rings. The highest BCUT2D eigenvalue weighted by Crippen LogP contribution is 2.35. The van der Waals surface area contributed by atoms with Crippen molar-refractivity contribution in [2.75, 3.05) is 24.4 Å². The number of hydrogen-bond acceptors (Lipinski definition) is 6. The van der Waals surface area contributed by atoms with Gasteiger partial charge in [-0.05, 0) is 144 Å². The van der Waals surface area contributed by atoms with E-state index in [1.165, 1.54) is 3.57 Å². The van der Waals surface area contributed by atoms with Crippen LogP contribution in [0.15, 0.2) is 158 Å². The van der Waals surface area contributed by atoms with E-state index in [2.05, 4.69) is 57.1 Å². The van der Waals surface area contributed by atoms with Gasteiger partial charge in [0, 0.05) is 43.1 Å². The minimum Gasteiger partial charge on any atom is -0.497 e. The number of halogens is 1. The van der Waals surface area contributed by atoms with Gasteiger partial charge in [0.05, 0.1) is 14.2 Å². The molecule has 0 amide bonds. The van der Waals surface area contributed by atoms with Gasteiger partial charge in [-0.1, -0.05) is 43.8 Å². The highest BCUT2D eigenvalue weighted by Gasteiger charge is 2.12. The third-order valence-electron chi connectivity index (χ3n) is 6.79. The maximum atomic E-state index is 10.9. The topological polar surface area (TPSA) is 67.9 Å². The molecule has 0 aromatic heterocycles. The summed E-state index contributed by atoms with van der Waals surface area (Å²) in [6.07, 6.45) is 1.68. The van der Waals surface area contributed by atoms with Gasteiger partial charge in [-0.3, -0.25) is 9.59 Å². The predicted octanol–water partition coefficient (Wildman–Crippen LogP) is 11.2. The van der Waals surface area contributed by atoms with Crippen molar-refractivity contribution in [1.82, 2.24) is 0 Å². The number of carbonyl (C=O) groups is 2. The van der Waals surface area contributed by atoms with Crippen LogP contribution in [0.5, 0.6) is 11.5 Å². The van der Waals surface area contributed by atoms with Crippen molar-refractivity contribution < 1.29 is 19.1 Å². The van der Waals surface area contributed by atoms with Gasteiger partial charge in [-0.25, -0.2) is 0 Å². The first kappa shape index (κ1) is 37.1. The monoisotopic (exact) mass is 750 g/mol. The van der Waals surface area contributed by atoms with Crippen molar-refractivity contribution in [2.24, 2.45) is 0 Å². The van der Waals surface area contributed by atoms with Gasteiger partial charge in [0.15, 0.2) is 0 Å². The van der Waals surface area contributed by atoms with E-state index < -0.39 is 0 Å². The van der Waals surface area contributed by atoms with E-state index in [0.717, 1.165) is 52.5 Å². The molecule has 48 heavy (non-hydrogen) atoms. The minimum atomic E-state index is 0. The summed E-state index contributed by atoms with van der Waals surface area (Å²) >= 11 is 2.28. The zero-order chi connectivity index (χ0) is 33.3. The van der Waals surface area contributed by atoms with E-state index in [1.54, 1.807) is 26.4 Å². The Morgan fingerprint density at radius 1 is 0.500 bits per heavy atom. The largest absolute Gasteiger partial charge is 0.497 e. The van der Waals surface area contributed by atoms with Crippen LogP contribution >= 0.6 is 22.6 Å². The Morgan fingerprint density at radius 3 is 1.25 bits per heavy atom. The molecule has 244 valence electrons. The summed E-state index contributed by atoms with van der Waals surface area (Å²) in [5.41, 5.74) is 6.33. The molecule has 6 rings (SSSR count). The lowest BCUT2D eigenvalue weighted by Gasteiger charge is -2.25. The van der Waals surface area contributed by atoms with Gasteiger partial charge in [0.1, 0.15) is 24.1 Å². The van der Waals surface area contributed by atoms with Crippen LogP contribution in [0.2, 0.25) is 0 Å². The van der Waals surface area contributed by atoms with E-state index in [-0.39, 0.29) is 7.43 Å². The molecule has 0 atom stereocenters. The second-order valence-electron chi connectivity index (χ2n) is 9.97. The van der Waals surface area contributed by atoms with Crippen molar-refractivity contribution in [3.8, 4) is 11.5 Å². The lowest BCUT2D eigenvalue weighted by molar-refractivity contribution is 0.111. The number of anilines is 5. The first-order valence-corrected chi connectivity index (χ1v) is 15.8. The third-order valence-corrected chi connectivity index (χ3v) is 7.51. The average Bonchev–Trinajstić information content (AvgIpc) is 3.14. The lowest BCUT2D eigenvalue weighted by Crippen LogP contribution is -2.09. The Morgan fingerprint density at radius 2 is 0.854 bits per heavy atom. The highest BCUT2D eigenvalue weighted by atomic mass is 127. The van der Waals surface area contributed by atoms with Crippen LogP contribution in [-0.2, 0) is 0 Å². The number of hydrogen-bond donors (Lipinski definition) is 1. The first-order valence-electron chi connectivity index (χ1n) is 14.7. The van der Waals surface area contributed by atoms with E-state index in [1.807, 2.05) is 121 Å². The quantitative estimate of drug-likeness (QED) is 0.117. The van der Waals surface area contributed by atoms with Crippen molar-refractivity contribution >= 4 is 63.6 Å². The molecule has 6 aromatic carbocycles. The number of benzene rings is 6. The smallest absolute Gasteiger partial charge is 0.150 e. The van der Waals surface area contributed by atoms with Crippen LogP contribution in [-0.4, -0.2) is 26.8 Å². The van der Waals surface area contributed by atoms with Crippen molar-refractivity contribution in [2.45, 2.75) is 7.43 Å². The predicted molar refractivity (Wildman–Crippen MR) is 207 cm³/mol. The standard InChI is InChI=1S/C20H17NO2.C14H13NO2.C6H5I.CH4/c1-23-20-13-11-19(12-14-20)21(17-5-3-2-4-6-17)18-9-7-16(15-22)8-10-18;1-17-14-8-6-13(7-9-14)15-12-4-2-11(10-16)3-5-12;7-6-4-2-1-3-5-6;/h2-15H,1H3;2-10,15H,1H3;1-5H;1H4. The molecule has 0 unspecified atom stereocenters. The van der Waals surface area contributed by atoms with Gasteiger partial charge < -0.3 is 19.7 Å². The maximum Gasteiger partial charge on any atom is 0.150 e. The Bertz CT molecular complexity index is 1780. The number of nitrogens with one attached hydrogen (secondary N) is 1. The number of ether oxygens (including phenoxy) is 2. The zero-order valence-corrected chi connectivity index (χ0v) is 28.3. The molecule has 6 aromatic rings. The second kappa shape index (κ2) is 20.0. The van der Waals surface area contributed by atoms with Crippen molar-refractivity contribution in [3.63, 3.8) is 0 Å². The number of rotatable bonds is 9. The maximum absolute atomic E-state index is 10.9. The van der Waals surface area contributed by atoms with Gasteiger partial charge in [-0.2, -0.15) is 0 Å². The van der Waals surface area contributed by atoms with Crippen LogP contribution in [0.3, 0.4) is 0 Å². The molecule has 1 N–H and O–H groups in total. The zero-order valence-electron chi connectivity index (χ0n) is 26.1. The van der Waals surface area contributed by atoms with E-state index in [9.17, 15) is 9.59 Å². The van der Waals surface area contributed by atoms with E-state index in [0.29, 0.717) is 11.1 Å². The fraction of sp³-hybridized carbons (Fsp3) is 0.0732. The Kier molecular flexibility index (Phi) is 15.4. The number of aldehydes is 2. The summed E-state index contributed by atoms with van der Waals surface area (Å²) < 4.78 is 11.6. The fourth-order valence-electron chi connectivity index (χ4n) is 4.36. The molecule has 7 heteroatoms. The van der Waals surface area contributed by atoms with Crippen LogP contribution in [0, 0.1) is 3.57 Å². The van der Waals surface area contributed by atoms with Crippen LogP contribution in [0.4, 0.5) is 28.4 Å². The normalized spacial score (nSPS) is 9.56. The molecular weight excluding hydrogens is 711 g/mol. The molecule has 0 aliphatic heterocycles.